The first-order chi connectivity index (χ1) is 14.6. The molecule has 164 valence electrons. The van der Waals surface area contributed by atoms with E-state index in [2.05, 4.69) is 26.1 Å². The summed E-state index contributed by atoms with van der Waals surface area (Å²) in [5.41, 5.74) is 3.61. The van der Waals surface area contributed by atoms with Crippen LogP contribution in [0.5, 0.6) is 5.75 Å². The number of amides is 1. The molecule has 7 heteroatoms. The van der Waals surface area contributed by atoms with Crippen molar-refractivity contribution in [3.05, 3.63) is 63.5 Å². The predicted molar refractivity (Wildman–Crippen MR) is 124 cm³/mol. The van der Waals surface area contributed by atoms with Crippen molar-refractivity contribution >= 4 is 21.8 Å². The Morgan fingerprint density at radius 1 is 1.13 bits per heavy atom. The van der Waals surface area contributed by atoms with E-state index < -0.39 is 5.54 Å². The van der Waals surface area contributed by atoms with E-state index in [-0.39, 0.29) is 19.1 Å². The standard InChI is InChI=1S/C24H28BrN3O3/c1-15-12-19(16(2)17(3)22(15)25)30-14-21(29)28(24(4,5)6)13-20-26-23(27-31-20)18-10-8-7-9-11-18/h7-12H,13-14H2,1-6H3. The predicted octanol–water partition coefficient (Wildman–Crippen LogP) is 5.63. The van der Waals surface area contributed by atoms with Crippen LogP contribution in [0.15, 0.2) is 45.4 Å². The Balaban J connectivity index is 1.75. The summed E-state index contributed by atoms with van der Waals surface area (Å²) in [5.74, 6) is 1.45. The zero-order chi connectivity index (χ0) is 22.8. The van der Waals surface area contributed by atoms with E-state index in [0.29, 0.717) is 17.5 Å². The SMILES string of the molecule is Cc1cc(OCC(=O)N(Cc2nc(-c3ccccc3)no2)C(C)(C)C)c(C)c(C)c1Br. The van der Waals surface area contributed by atoms with Crippen LogP contribution < -0.4 is 4.74 Å². The first kappa shape index (κ1) is 23.0. The highest BCUT2D eigenvalue weighted by Gasteiger charge is 2.29. The van der Waals surface area contributed by atoms with Gasteiger partial charge in [0.2, 0.25) is 11.7 Å². The maximum absolute atomic E-state index is 13.1. The molecule has 0 radical (unpaired) electrons. The Morgan fingerprint density at radius 2 is 1.81 bits per heavy atom. The van der Waals surface area contributed by atoms with E-state index in [9.17, 15) is 4.79 Å². The molecule has 1 heterocycles. The summed E-state index contributed by atoms with van der Waals surface area (Å²) in [6.45, 7) is 12.1. The number of aromatic nitrogens is 2. The van der Waals surface area contributed by atoms with Gasteiger partial charge >= 0.3 is 0 Å². The Morgan fingerprint density at radius 3 is 2.45 bits per heavy atom. The molecule has 0 aliphatic carbocycles. The van der Waals surface area contributed by atoms with Gasteiger partial charge in [0.05, 0.1) is 0 Å². The lowest BCUT2D eigenvalue weighted by molar-refractivity contribution is -0.139. The van der Waals surface area contributed by atoms with E-state index in [0.717, 1.165) is 26.7 Å². The van der Waals surface area contributed by atoms with Gasteiger partial charge in [-0.25, -0.2) is 0 Å². The van der Waals surface area contributed by atoms with E-state index >= 15 is 0 Å². The Bertz CT molecular complexity index is 1070. The quantitative estimate of drug-likeness (QED) is 0.452. The summed E-state index contributed by atoms with van der Waals surface area (Å²) in [6.07, 6.45) is 0. The third-order valence-electron chi connectivity index (χ3n) is 5.21. The van der Waals surface area contributed by atoms with Crippen molar-refractivity contribution in [2.24, 2.45) is 0 Å². The minimum atomic E-state index is -0.442. The molecule has 0 saturated heterocycles. The van der Waals surface area contributed by atoms with Crippen molar-refractivity contribution in [1.82, 2.24) is 15.0 Å². The molecule has 1 aromatic heterocycles. The molecule has 3 rings (SSSR count). The number of nitrogens with zero attached hydrogens (tertiary/aromatic N) is 3. The number of rotatable bonds is 6. The highest BCUT2D eigenvalue weighted by Crippen LogP contribution is 2.31. The van der Waals surface area contributed by atoms with Gasteiger partial charge < -0.3 is 14.2 Å². The fraction of sp³-hybridized carbons (Fsp3) is 0.375. The molecule has 0 aliphatic rings. The molecule has 0 bridgehead atoms. The average Bonchev–Trinajstić information content (AvgIpc) is 3.20. The molecule has 0 N–H and O–H groups in total. The number of ether oxygens (including phenoxy) is 1. The van der Waals surface area contributed by atoms with Crippen molar-refractivity contribution < 1.29 is 14.1 Å². The van der Waals surface area contributed by atoms with Crippen molar-refractivity contribution in [2.75, 3.05) is 6.61 Å². The van der Waals surface area contributed by atoms with Crippen LogP contribution in [0.4, 0.5) is 0 Å². The molecule has 31 heavy (non-hydrogen) atoms. The number of aryl methyl sites for hydroxylation is 1. The van der Waals surface area contributed by atoms with Crippen molar-refractivity contribution in [3.63, 3.8) is 0 Å². The van der Waals surface area contributed by atoms with Gasteiger partial charge in [-0.05, 0) is 64.3 Å². The Hall–Kier alpha value is -2.67. The monoisotopic (exact) mass is 485 g/mol. The van der Waals surface area contributed by atoms with Crippen LogP contribution in [-0.2, 0) is 11.3 Å². The molecular formula is C24H28BrN3O3. The molecule has 0 atom stereocenters. The van der Waals surface area contributed by atoms with Gasteiger partial charge in [-0.15, -0.1) is 0 Å². The number of halogens is 1. The summed E-state index contributed by atoms with van der Waals surface area (Å²) in [6, 6.07) is 11.5. The van der Waals surface area contributed by atoms with Crippen molar-refractivity contribution in [2.45, 2.75) is 53.6 Å². The molecule has 2 aromatic carbocycles. The van der Waals surface area contributed by atoms with Gasteiger partial charge in [0, 0.05) is 15.6 Å². The second-order valence-electron chi connectivity index (χ2n) is 8.57. The maximum Gasteiger partial charge on any atom is 0.261 e. The van der Waals surface area contributed by atoms with E-state index in [1.165, 1.54) is 0 Å². The summed E-state index contributed by atoms with van der Waals surface area (Å²) >= 11 is 3.60. The Labute approximate surface area is 191 Å². The minimum absolute atomic E-state index is 0.0711. The molecule has 0 spiro atoms. The molecule has 3 aromatic rings. The zero-order valence-electron chi connectivity index (χ0n) is 18.8. The first-order valence-corrected chi connectivity index (χ1v) is 10.9. The molecule has 1 amide bonds. The van der Waals surface area contributed by atoms with Gasteiger partial charge in [-0.2, -0.15) is 4.98 Å². The highest BCUT2D eigenvalue weighted by atomic mass is 79.9. The number of hydrogen-bond acceptors (Lipinski definition) is 5. The number of carbonyl (C=O) groups excluding carboxylic acids is 1. The normalized spacial score (nSPS) is 11.5. The van der Waals surface area contributed by atoms with Crippen LogP contribution in [-0.4, -0.2) is 33.1 Å². The second kappa shape index (κ2) is 9.22. The number of hydrogen-bond donors (Lipinski definition) is 0. The zero-order valence-corrected chi connectivity index (χ0v) is 20.4. The van der Waals surface area contributed by atoms with Crippen LogP contribution in [0.2, 0.25) is 0 Å². The first-order valence-electron chi connectivity index (χ1n) is 10.2. The lowest BCUT2D eigenvalue weighted by Crippen LogP contribution is -2.47. The van der Waals surface area contributed by atoms with E-state index in [4.69, 9.17) is 9.26 Å². The average molecular weight is 486 g/mol. The van der Waals surface area contributed by atoms with Crippen molar-refractivity contribution in [3.8, 4) is 17.1 Å². The third kappa shape index (κ3) is 5.34. The summed E-state index contributed by atoms with van der Waals surface area (Å²) in [7, 11) is 0. The van der Waals surface area contributed by atoms with Gasteiger partial charge in [0.25, 0.3) is 5.91 Å². The van der Waals surface area contributed by atoms with Crippen LogP contribution in [0.1, 0.15) is 43.4 Å². The molecule has 0 saturated carbocycles. The van der Waals surface area contributed by atoms with Crippen LogP contribution in [0.3, 0.4) is 0 Å². The van der Waals surface area contributed by atoms with E-state index in [1.807, 2.05) is 77.9 Å². The summed E-state index contributed by atoms with van der Waals surface area (Å²) in [5, 5.41) is 4.05. The van der Waals surface area contributed by atoms with E-state index in [1.54, 1.807) is 4.90 Å². The van der Waals surface area contributed by atoms with Gasteiger partial charge in [-0.3, -0.25) is 4.79 Å². The lowest BCUT2D eigenvalue weighted by atomic mass is 10.1. The topological polar surface area (TPSA) is 68.5 Å². The highest BCUT2D eigenvalue weighted by molar-refractivity contribution is 9.10. The smallest absolute Gasteiger partial charge is 0.261 e. The number of benzene rings is 2. The third-order valence-corrected chi connectivity index (χ3v) is 6.43. The maximum atomic E-state index is 13.1. The van der Waals surface area contributed by atoms with Crippen LogP contribution in [0, 0.1) is 20.8 Å². The largest absolute Gasteiger partial charge is 0.483 e. The summed E-state index contributed by atoms with van der Waals surface area (Å²) in [4.78, 5) is 19.3. The number of carbonyl (C=O) groups is 1. The molecule has 0 aliphatic heterocycles. The molecule has 0 unspecified atom stereocenters. The second-order valence-corrected chi connectivity index (χ2v) is 9.37. The van der Waals surface area contributed by atoms with Gasteiger partial charge in [0.15, 0.2) is 6.61 Å². The molecule has 0 fully saturated rings. The minimum Gasteiger partial charge on any atom is -0.483 e. The van der Waals surface area contributed by atoms with Crippen molar-refractivity contribution in [1.29, 1.82) is 0 Å². The fourth-order valence-electron chi connectivity index (χ4n) is 3.24. The molecular weight excluding hydrogens is 458 g/mol. The van der Waals surface area contributed by atoms with Gasteiger partial charge in [-0.1, -0.05) is 51.4 Å². The van der Waals surface area contributed by atoms with Crippen LogP contribution in [0.25, 0.3) is 11.4 Å². The van der Waals surface area contributed by atoms with Crippen LogP contribution >= 0.6 is 15.9 Å². The fourth-order valence-corrected chi connectivity index (χ4v) is 3.65. The molecule has 6 nitrogen and oxygen atoms in total. The van der Waals surface area contributed by atoms with Gasteiger partial charge in [0.1, 0.15) is 12.3 Å². The summed E-state index contributed by atoms with van der Waals surface area (Å²) < 4.78 is 12.4. The Kier molecular flexibility index (Phi) is 6.84. The lowest BCUT2D eigenvalue weighted by Gasteiger charge is -2.34.